The molecule has 1 aliphatic heterocycles. The average Bonchev–Trinajstić information content (AvgIpc) is 2.82. The molecule has 2 atom stereocenters. The Morgan fingerprint density at radius 2 is 1.53 bits per heavy atom. The number of likely N-dealkylation sites (tertiary alicyclic amines) is 1. The minimum atomic E-state index is -0.117. The van der Waals surface area contributed by atoms with Crippen molar-refractivity contribution >= 4 is 29.4 Å². The van der Waals surface area contributed by atoms with E-state index in [1.807, 2.05) is 23.5 Å². The van der Waals surface area contributed by atoms with Gasteiger partial charge in [0.25, 0.3) is 0 Å². The van der Waals surface area contributed by atoms with Gasteiger partial charge in [-0.15, -0.1) is 23.5 Å². The molecule has 36 heavy (non-hydrogen) atoms. The van der Waals surface area contributed by atoms with E-state index < -0.39 is 0 Å². The Labute approximate surface area is 230 Å². The third-order valence-corrected chi connectivity index (χ3v) is 11.5. The summed E-state index contributed by atoms with van der Waals surface area (Å²) < 4.78 is 0. The summed E-state index contributed by atoms with van der Waals surface area (Å²) in [6.45, 7) is 19.5. The summed E-state index contributed by atoms with van der Waals surface area (Å²) in [5, 5.41) is 12.1. The number of phenolic OH excluding ortho intramolecular Hbond substituents is 1. The van der Waals surface area contributed by atoms with Crippen molar-refractivity contribution in [3.05, 3.63) is 23.3 Å². The average molecular weight is 534 g/mol. The second-order valence-electron chi connectivity index (χ2n) is 13.3. The number of hydrogen-bond acceptors (Lipinski definition) is 4. The van der Waals surface area contributed by atoms with Crippen LogP contribution in [0.3, 0.4) is 0 Å². The van der Waals surface area contributed by atoms with Crippen LogP contribution in [-0.2, 0) is 15.6 Å². The van der Waals surface area contributed by atoms with Crippen molar-refractivity contribution in [2.75, 3.05) is 18.8 Å². The Hall–Kier alpha value is -0.810. The van der Waals surface area contributed by atoms with Gasteiger partial charge in [0, 0.05) is 39.6 Å². The number of benzene rings is 1. The van der Waals surface area contributed by atoms with Gasteiger partial charge in [0.1, 0.15) is 5.75 Å². The minimum absolute atomic E-state index is 0.117. The zero-order valence-electron chi connectivity index (χ0n) is 24.2. The molecule has 1 heterocycles. The largest absolute Gasteiger partial charge is 0.507 e. The molecule has 5 heteroatoms. The van der Waals surface area contributed by atoms with Gasteiger partial charge < -0.3 is 10.0 Å². The molecule has 2 fully saturated rings. The van der Waals surface area contributed by atoms with E-state index in [9.17, 15) is 9.90 Å². The van der Waals surface area contributed by atoms with Crippen LogP contribution in [0, 0.1) is 5.41 Å². The minimum Gasteiger partial charge on any atom is -0.507 e. The van der Waals surface area contributed by atoms with Gasteiger partial charge in [-0.3, -0.25) is 4.79 Å². The molecule has 3 nitrogen and oxygen atoms in total. The van der Waals surface area contributed by atoms with Gasteiger partial charge in [-0.1, -0.05) is 68.2 Å². The molecule has 1 saturated heterocycles. The van der Waals surface area contributed by atoms with Gasteiger partial charge in [-0.2, -0.15) is 0 Å². The molecule has 0 aromatic heterocycles. The molecule has 3 rings (SSSR count). The third kappa shape index (κ3) is 7.18. The van der Waals surface area contributed by atoms with Crippen LogP contribution in [0.2, 0.25) is 0 Å². The van der Waals surface area contributed by atoms with Crippen LogP contribution >= 0.6 is 23.5 Å². The smallest absolute Gasteiger partial charge is 0.232 e. The standard InChI is InChI=1S/C31H51NO2S2/c1-9-31(10-2)16-13-17-32(21-31)27(33)20-35-25-14-11-12-15-26(25)36-22-18-23(29(3,4)5)28(34)24(19-22)30(6,7)8/h18-19,25-26,34H,9-17,20-21H2,1-8H3. The van der Waals surface area contributed by atoms with Crippen molar-refractivity contribution in [2.24, 2.45) is 5.41 Å². The highest BCUT2D eigenvalue weighted by atomic mass is 32.2. The van der Waals surface area contributed by atoms with Crippen molar-refractivity contribution in [1.82, 2.24) is 4.90 Å². The lowest BCUT2D eigenvalue weighted by atomic mass is 9.75. The molecule has 1 aromatic carbocycles. The first kappa shape index (κ1) is 29.7. The van der Waals surface area contributed by atoms with E-state index in [0.29, 0.717) is 33.3 Å². The van der Waals surface area contributed by atoms with E-state index in [-0.39, 0.29) is 10.8 Å². The van der Waals surface area contributed by atoms with E-state index in [4.69, 9.17) is 0 Å². The van der Waals surface area contributed by atoms with Crippen LogP contribution in [0.25, 0.3) is 0 Å². The van der Waals surface area contributed by atoms with Gasteiger partial charge in [-0.25, -0.2) is 0 Å². The Balaban J connectivity index is 1.73. The monoisotopic (exact) mass is 533 g/mol. The number of rotatable bonds is 7. The number of piperidine rings is 1. The Kier molecular flexibility index (Phi) is 9.86. The molecule has 0 bridgehead atoms. The van der Waals surface area contributed by atoms with Crippen molar-refractivity contribution in [1.29, 1.82) is 0 Å². The SMILES string of the molecule is CCC1(CC)CCCN(C(=O)CSC2CCCCC2Sc2cc(C(C)(C)C)c(O)c(C(C)(C)C)c2)C1. The summed E-state index contributed by atoms with van der Waals surface area (Å²) in [4.78, 5) is 16.7. The zero-order chi connectivity index (χ0) is 26.7. The van der Waals surface area contributed by atoms with Crippen LogP contribution < -0.4 is 0 Å². The van der Waals surface area contributed by atoms with Crippen molar-refractivity contribution in [3.63, 3.8) is 0 Å². The van der Waals surface area contributed by atoms with Gasteiger partial charge in [0.2, 0.25) is 5.91 Å². The van der Waals surface area contributed by atoms with Crippen molar-refractivity contribution in [3.8, 4) is 5.75 Å². The van der Waals surface area contributed by atoms with E-state index >= 15 is 0 Å². The fourth-order valence-corrected chi connectivity index (χ4v) is 8.82. The molecule has 1 aromatic rings. The van der Waals surface area contributed by atoms with Crippen molar-refractivity contribution in [2.45, 2.75) is 133 Å². The molecule has 0 radical (unpaired) electrons. The molecular formula is C31H51NO2S2. The quantitative estimate of drug-likeness (QED) is 0.381. The maximum atomic E-state index is 13.2. The fraction of sp³-hybridized carbons (Fsp3) is 0.774. The summed E-state index contributed by atoms with van der Waals surface area (Å²) in [5.74, 6) is 1.41. The van der Waals surface area contributed by atoms with E-state index in [0.717, 1.165) is 30.6 Å². The lowest BCUT2D eigenvalue weighted by Crippen LogP contribution is -2.46. The number of aromatic hydroxyl groups is 1. The van der Waals surface area contributed by atoms with E-state index in [1.54, 1.807) is 0 Å². The van der Waals surface area contributed by atoms with Crippen LogP contribution in [0.5, 0.6) is 5.75 Å². The highest BCUT2D eigenvalue weighted by Crippen LogP contribution is 2.45. The van der Waals surface area contributed by atoms with Crippen molar-refractivity contribution < 1.29 is 9.90 Å². The summed E-state index contributed by atoms with van der Waals surface area (Å²) >= 11 is 3.88. The van der Waals surface area contributed by atoms with Gasteiger partial charge in [0.05, 0.1) is 5.75 Å². The predicted octanol–water partition coefficient (Wildman–Crippen LogP) is 8.55. The number of carbonyl (C=O) groups is 1. The number of amides is 1. The highest BCUT2D eigenvalue weighted by Gasteiger charge is 2.35. The van der Waals surface area contributed by atoms with Crippen LogP contribution in [0.4, 0.5) is 0 Å². The molecule has 2 aliphatic rings. The predicted molar refractivity (Wildman–Crippen MR) is 159 cm³/mol. The molecule has 0 spiro atoms. The van der Waals surface area contributed by atoms with Gasteiger partial charge in [-0.05, 0) is 66.9 Å². The molecule has 1 amide bonds. The molecule has 1 aliphatic carbocycles. The second-order valence-corrected chi connectivity index (χ2v) is 15.8. The van der Waals surface area contributed by atoms with E-state index in [2.05, 4.69) is 72.4 Å². The summed E-state index contributed by atoms with van der Waals surface area (Å²) in [6.07, 6.45) is 9.66. The van der Waals surface area contributed by atoms with Crippen LogP contribution in [0.1, 0.15) is 118 Å². The molecule has 204 valence electrons. The number of carbonyl (C=O) groups excluding carboxylic acids is 1. The lowest BCUT2D eigenvalue weighted by Gasteiger charge is -2.42. The topological polar surface area (TPSA) is 40.5 Å². The first-order valence-electron chi connectivity index (χ1n) is 14.2. The summed E-state index contributed by atoms with van der Waals surface area (Å²) in [5.41, 5.74) is 2.17. The second kappa shape index (κ2) is 11.9. The van der Waals surface area contributed by atoms with Gasteiger partial charge >= 0.3 is 0 Å². The summed E-state index contributed by atoms with van der Waals surface area (Å²) in [6, 6.07) is 4.44. The highest BCUT2D eigenvalue weighted by molar-refractivity contribution is 8.04. The first-order chi connectivity index (χ1) is 16.8. The van der Waals surface area contributed by atoms with Crippen LogP contribution in [0.15, 0.2) is 17.0 Å². The molecule has 2 unspecified atom stereocenters. The van der Waals surface area contributed by atoms with E-state index in [1.165, 1.54) is 49.8 Å². The Bertz CT molecular complexity index is 860. The number of hydrogen-bond donors (Lipinski definition) is 1. The molecule has 1 N–H and O–H groups in total. The third-order valence-electron chi connectivity index (χ3n) is 8.56. The maximum absolute atomic E-state index is 13.2. The molecular weight excluding hydrogens is 482 g/mol. The Morgan fingerprint density at radius 3 is 2.06 bits per heavy atom. The Morgan fingerprint density at radius 1 is 0.972 bits per heavy atom. The first-order valence-corrected chi connectivity index (χ1v) is 16.2. The lowest BCUT2D eigenvalue weighted by molar-refractivity contribution is -0.132. The molecule has 1 saturated carbocycles. The number of nitrogens with zero attached hydrogens (tertiary/aromatic N) is 1. The normalized spacial score (nSPS) is 23.1. The number of thioether (sulfide) groups is 2. The fourth-order valence-electron chi connectivity index (χ4n) is 5.90. The summed E-state index contributed by atoms with van der Waals surface area (Å²) in [7, 11) is 0. The maximum Gasteiger partial charge on any atom is 0.232 e. The number of phenols is 1. The van der Waals surface area contributed by atoms with Crippen LogP contribution in [-0.4, -0.2) is 45.3 Å². The van der Waals surface area contributed by atoms with Gasteiger partial charge in [0.15, 0.2) is 0 Å². The zero-order valence-corrected chi connectivity index (χ0v) is 25.8.